The summed E-state index contributed by atoms with van der Waals surface area (Å²) in [5.41, 5.74) is 2.94. The maximum absolute atomic E-state index is 12.9. The number of fused-ring (bicyclic) bond motifs is 1. The molecule has 0 bridgehead atoms. The molecule has 1 aromatic heterocycles. The molecule has 4 rings (SSSR count). The molecule has 1 aliphatic rings. The molecule has 1 saturated carbocycles. The van der Waals surface area contributed by atoms with Crippen LogP contribution in [0.2, 0.25) is 0 Å². The third-order valence-electron chi connectivity index (χ3n) is 6.74. The second-order valence-corrected chi connectivity index (χ2v) is 9.10. The van der Waals surface area contributed by atoms with Crippen LogP contribution in [0.3, 0.4) is 0 Å². The number of anilines is 2. The zero-order chi connectivity index (χ0) is 24.8. The maximum Gasteiger partial charge on any atom is 0.257 e. The number of ether oxygens (including phenoxy) is 2. The van der Waals surface area contributed by atoms with Gasteiger partial charge in [-0.1, -0.05) is 12.8 Å². The number of carbonyl (C=O) groups excluding carboxylic acids is 2. The Labute approximate surface area is 206 Å². The number of hydrogen-bond acceptors (Lipinski definition) is 5. The summed E-state index contributed by atoms with van der Waals surface area (Å²) < 4.78 is 12.4. The molecule has 3 aromatic rings. The van der Waals surface area contributed by atoms with Crippen molar-refractivity contribution in [3.05, 3.63) is 48.0 Å². The summed E-state index contributed by atoms with van der Waals surface area (Å²) in [6.45, 7) is 1.24. The number of benzene rings is 2. The van der Waals surface area contributed by atoms with Gasteiger partial charge in [0.15, 0.2) is 0 Å². The van der Waals surface area contributed by atoms with Crippen molar-refractivity contribution in [2.24, 2.45) is 5.92 Å². The molecule has 0 unspecified atom stereocenters. The molecule has 8 heteroatoms. The summed E-state index contributed by atoms with van der Waals surface area (Å²) in [5, 5.41) is 2.95. The van der Waals surface area contributed by atoms with Crippen molar-refractivity contribution in [3.8, 4) is 5.75 Å². The van der Waals surface area contributed by atoms with Gasteiger partial charge in [0, 0.05) is 45.0 Å². The zero-order valence-electron chi connectivity index (χ0n) is 20.8. The molecule has 1 aliphatic carbocycles. The van der Waals surface area contributed by atoms with Gasteiger partial charge in [-0.15, -0.1) is 0 Å². The topological polar surface area (TPSA) is 85.7 Å². The number of methoxy groups -OCH3 is 2. The lowest BCUT2D eigenvalue weighted by Gasteiger charge is -2.19. The van der Waals surface area contributed by atoms with Gasteiger partial charge in [-0.05, 0) is 67.6 Å². The molecule has 0 saturated heterocycles. The van der Waals surface area contributed by atoms with Crippen LogP contribution in [0.5, 0.6) is 5.75 Å². The van der Waals surface area contributed by atoms with Gasteiger partial charge in [-0.25, -0.2) is 4.98 Å². The molecule has 2 aromatic carbocycles. The Morgan fingerprint density at radius 2 is 1.86 bits per heavy atom. The largest absolute Gasteiger partial charge is 0.497 e. The third-order valence-corrected chi connectivity index (χ3v) is 6.74. The Morgan fingerprint density at radius 1 is 1.11 bits per heavy atom. The SMILES string of the molecule is COCCCn1c(NC(=O)c2ccc(OC)cc2)nc2cc(N(C)C(=O)CC3CCCC3)ccc21. The smallest absolute Gasteiger partial charge is 0.257 e. The molecule has 8 nitrogen and oxygen atoms in total. The molecule has 0 radical (unpaired) electrons. The Kier molecular flexibility index (Phi) is 8.02. The fraction of sp³-hybridized carbons (Fsp3) is 0.444. The summed E-state index contributed by atoms with van der Waals surface area (Å²) >= 11 is 0. The van der Waals surface area contributed by atoms with E-state index < -0.39 is 0 Å². The number of rotatable bonds is 10. The second kappa shape index (κ2) is 11.4. The first-order valence-electron chi connectivity index (χ1n) is 12.2. The minimum atomic E-state index is -0.250. The van der Waals surface area contributed by atoms with Gasteiger partial charge < -0.3 is 18.9 Å². The van der Waals surface area contributed by atoms with E-state index in [0.29, 0.717) is 42.8 Å². The molecule has 0 spiro atoms. The van der Waals surface area contributed by atoms with Crippen LogP contribution in [0.15, 0.2) is 42.5 Å². The van der Waals surface area contributed by atoms with Gasteiger partial charge >= 0.3 is 0 Å². The van der Waals surface area contributed by atoms with Crippen LogP contribution >= 0.6 is 0 Å². The Hall–Kier alpha value is -3.39. The Balaban J connectivity index is 1.58. The van der Waals surface area contributed by atoms with Gasteiger partial charge in [-0.3, -0.25) is 14.9 Å². The van der Waals surface area contributed by atoms with Crippen LogP contribution in [0.1, 0.15) is 48.9 Å². The van der Waals surface area contributed by atoms with E-state index in [4.69, 9.17) is 14.5 Å². The van der Waals surface area contributed by atoms with E-state index in [1.165, 1.54) is 12.8 Å². The number of aryl methyl sites for hydroxylation is 1. The Bertz CT molecular complexity index is 1170. The molecular formula is C27H34N4O4. The van der Waals surface area contributed by atoms with Crippen LogP contribution < -0.4 is 15.0 Å². The van der Waals surface area contributed by atoms with Crippen molar-refractivity contribution in [2.45, 2.75) is 45.1 Å². The fourth-order valence-corrected chi connectivity index (χ4v) is 4.67. The van der Waals surface area contributed by atoms with Crippen molar-refractivity contribution < 1.29 is 19.1 Å². The van der Waals surface area contributed by atoms with E-state index in [9.17, 15) is 9.59 Å². The number of aromatic nitrogens is 2. The second-order valence-electron chi connectivity index (χ2n) is 9.10. The molecule has 0 aliphatic heterocycles. The molecule has 1 N–H and O–H groups in total. The van der Waals surface area contributed by atoms with Gasteiger partial charge in [-0.2, -0.15) is 0 Å². The molecule has 1 fully saturated rings. The van der Waals surface area contributed by atoms with Crippen molar-refractivity contribution in [2.75, 3.05) is 38.1 Å². The molecule has 2 amide bonds. The van der Waals surface area contributed by atoms with Crippen molar-refractivity contribution in [1.82, 2.24) is 9.55 Å². The van der Waals surface area contributed by atoms with Gasteiger partial charge in [0.2, 0.25) is 11.9 Å². The highest BCUT2D eigenvalue weighted by Crippen LogP contribution is 2.30. The average Bonchev–Trinajstić information content (AvgIpc) is 3.51. The van der Waals surface area contributed by atoms with Crippen molar-refractivity contribution in [3.63, 3.8) is 0 Å². The first-order chi connectivity index (χ1) is 17.0. The predicted octanol–water partition coefficient (Wildman–Crippen LogP) is 4.88. The number of imidazole rings is 1. The van der Waals surface area contributed by atoms with E-state index >= 15 is 0 Å². The van der Waals surface area contributed by atoms with Crippen molar-refractivity contribution in [1.29, 1.82) is 0 Å². The van der Waals surface area contributed by atoms with Crippen LogP contribution in [0.25, 0.3) is 11.0 Å². The van der Waals surface area contributed by atoms with E-state index in [-0.39, 0.29) is 11.8 Å². The number of nitrogens with one attached hydrogen (secondary N) is 1. The maximum atomic E-state index is 12.9. The lowest BCUT2D eigenvalue weighted by atomic mass is 10.0. The first kappa shape index (κ1) is 24.7. The first-order valence-corrected chi connectivity index (χ1v) is 12.2. The standard InChI is InChI=1S/C27H34N4O4/c1-30(25(32)17-19-7-4-5-8-19)21-11-14-24-23(18-21)28-27(31(24)15-6-16-34-2)29-26(33)20-9-12-22(35-3)13-10-20/h9-14,18-19H,4-8,15-17H2,1-3H3,(H,28,29,33). The van der Waals surface area contributed by atoms with Crippen LogP contribution in [-0.4, -0.2) is 49.2 Å². The quantitative estimate of drug-likeness (QED) is 0.420. The van der Waals surface area contributed by atoms with Gasteiger partial charge in [0.25, 0.3) is 5.91 Å². The zero-order valence-corrected chi connectivity index (χ0v) is 20.8. The summed E-state index contributed by atoms with van der Waals surface area (Å²) in [6, 6.07) is 12.8. The Morgan fingerprint density at radius 3 is 2.54 bits per heavy atom. The summed E-state index contributed by atoms with van der Waals surface area (Å²) in [6.07, 6.45) is 6.08. The lowest BCUT2D eigenvalue weighted by molar-refractivity contribution is -0.119. The third kappa shape index (κ3) is 5.82. The minimum Gasteiger partial charge on any atom is -0.497 e. The molecule has 186 valence electrons. The lowest BCUT2D eigenvalue weighted by Crippen LogP contribution is -2.27. The van der Waals surface area contributed by atoms with Crippen LogP contribution in [-0.2, 0) is 16.1 Å². The van der Waals surface area contributed by atoms with Gasteiger partial charge in [0.1, 0.15) is 5.75 Å². The number of amides is 2. The predicted molar refractivity (Wildman–Crippen MR) is 137 cm³/mol. The monoisotopic (exact) mass is 478 g/mol. The summed E-state index contributed by atoms with van der Waals surface area (Å²) in [7, 11) is 5.08. The van der Waals surface area contributed by atoms with Crippen LogP contribution in [0, 0.1) is 5.92 Å². The fourth-order valence-electron chi connectivity index (χ4n) is 4.67. The van der Waals surface area contributed by atoms with E-state index in [1.54, 1.807) is 43.4 Å². The number of hydrogen-bond donors (Lipinski definition) is 1. The highest BCUT2D eigenvalue weighted by molar-refractivity contribution is 6.04. The van der Waals surface area contributed by atoms with Crippen LogP contribution in [0.4, 0.5) is 11.6 Å². The highest BCUT2D eigenvalue weighted by Gasteiger charge is 2.22. The van der Waals surface area contributed by atoms with Gasteiger partial charge in [0.05, 0.1) is 18.1 Å². The normalized spacial score (nSPS) is 13.8. The molecule has 35 heavy (non-hydrogen) atoms. The summed E-state index contributed by atoms with van der Waals surface area (Å²) in [4.78, 5) is 32.2. The number of nitrogens with zero attached hydrogens (tertiary/aromatic N) is 3. The molecular weight excluding hydrogens is 444 g/mol. The molecule has 1 heterocycles. The average molecular weight is 479 g/mol. The summed E-state index contributed by atoms with van der Waals surface area (Å²) in [5.74, 6) is 1.53. The minimum absolute atomic E-state index is 0.129. The van der Waals surface area contributed by atoms with Crippen molar-refractivity contribution >= 4 is 34.5 Å². The highest BCUT2D eigenvalue weighted by atomic mass is 16.5. The number of carbonyl (C=O) groups is 2. The van der Waals surface area contributed by atoms with E-state index in [1.807, 2.05) is 29.8 Å². The molecule has 0 atom stereocenters. The van der Waals surface area contributed by atoms with E-state index in [2.05, 4.69) is 5.32 Å². The van der Waals surface area contributed by atoms with E-state index in [0.717, 1.165) is 36.0 Å².